The first kappa shape index (κ1) is 66.8. The van der Waals surface area contributed by atoms with Crippen molar-refractivity contribution in [3.63, 3.8) is 0 Å². The minimum atomic E-state index is -1.31. The van der Waals surface area contributed by atoms with Crippen LogP contribution in [-0.4, -0.2) is 75.0 Å². The van der Waals surface area contributed by atoms with Crippen molar-refractivity contribution in [1.29, 1.82) is 0 Å². The summed E-state index contributed by atoms with van der Waals surface area (Å²) >= 11 is 10.0. The van der Waals surface area contributed by atoms with Crippen LogP contribution in [0.4, 0.5) is 39.0 Å². The molecule has 16 nitrogen and oxygen atoms in total. The van der Waals surface area contributed by atoms with E-state index >= 15 is 8.78 Å². The zero-order chi connectivity index (χ0) is 67.8. The Morgan fingerprint density at radius 2 is 0.705 bits per heavy atom. The number of carboxylic acid groups (broad SMARTS) is 2. The Balaban J connectivity index is 0.000000155. The van der Waals surface area contributed by atoms with Gasteiger partial charge in [0.25, 0.3) is 17.7 Å². The topological polar surface area (TPSA) is 236 Å². The van der Waals surface area contributed by atoms with Crippen molar-refractivity contribution in [2.24, 2.45) is 0 Å². The number of anilines is 3. The lowest BCUT2D eigenvalue weighted by Gasteiger charge is -2.16. The fourth-order valence-electron chi connectivity index (χ4n) is 9.79. The third-order valence-corrected chi connectivity index (χ3v) is 15.8. The Morgan fingerprint density at radius 3 is 1.04 bits per heavy atom. The minimum Gasteiger partial charge on any atom is -0.494 e. The van der Waals surface area contributed by atoms with Gasteiger partial charge in [-0.05, 0) is 109 Å². The van der Waals surface area contributed by atoms with Crippen molar-refractivity contribution >= 4 is 133 Å². The molecule has 0 spiro atoms. The molecule has 0 aliphatic heterocycles. The van der Waals surface area contributed by atoms with E-state index in [-0.39, 0.29) is 78.4 Å². The van der Waals surface area contributed by atoms with Crippen LogP contribution in [0.2, 0.25) is 0 Å². The predicted molar refractivity (Wildman–Crippen MR) is 359 cm³/mol. The van der Waals surface area contributed by atoms with Gasteiger partial charge in [-0.3, -0.25) is 14.4 Å². The molecule has 3 aromatic heterocycles. The number of nitrogens with zero attached hydrogens (tertiary/aromatic N) is 3. The molecule has 0 saturated carbocycles. The molecular formula is C71H44Br3F5N6O10. The fourth-order valence-corrected chi connectivity index (χ4v) is 10.9. The summed E-state index contributed by atoms with van der Waals surface area (Å²) in [6.45, 7) is 0. The number of ether oxygens (including phenoxy) is 2. The van der Waals surface area contributed by atoms with E-state index in [9.17, 15) is 41.9 Å². The number of halogens is 8. The lowest BCUT2D eigenvalue weighted by atomic mass is 10.0. The van der Waals surface area contributed by atoms with Gasteiger partial charge in [0.1, 0.15) is 34.5 Å². The number of rotatable bonds is 13. The van der Waals surface area contributed by atoms with Crippen molar-refractivity contribution in [2.75, 3.05) is 30.2 Å². The third kappa shape index (κ3) is 14.9. The van der Waals surface area contributed by atoms with Crippen LogP contribution in [0.15, 0.2) is 214 Å². The van der Waals surface area contributed by atoms with E-state index in [4.69, 9.17) is 19.9 Å². The van der Waals surface area contributed by atoms with Crippen LogP contribution in [0, 0.1) is 29.1 Å². The van der Waals surface area contributed by atoms with Crippen molar-refractivity contribution in [3.05, 3.63) is 276 Å². The molecule has 0 bridgehead atoms. The summed E-state index contributed by atoms with van der Waals surface area (Å²) in [5, 5.41) is 26.3. The number of fused-ring (bicyclic) bond motifs is 3. The molecule has 0 unspecified atom stereocenters. The molecule has 5 N–H and O–H groups in total. The lowest BCUT2D eigenvalue weighted by molar-refractivity contribution is 0.0598. The van der Waals surface area contributed by atoms with Gasteiger partial charge >= 0.3 is 17.9 Å². The van der Waals surface area contributed by atoms with Gasteiger partial charge in [0.2, 0.25) is 0 Å². The highest BCUT2D eigenvalue weighted by atomic mass is 79.9. The molecule has 9 aromatic carbocycles. The molecule has 3 heterocycles. The number of aromatic carboxylic acids is 2. The monoisotopic (exact) mass is 1470 g/mol. The van der Waals surface area contributed by atoms with Gasteiger partial charge in [-0.1, -0.05) is 139 Å². The SMILES string of the molecule is COC(=O)c1ccc(NC(=O)c2c(F)c(-c3ccccc3)nc3ccc(Br)cc23)c(F)c1.COc1c(-c2ccccc2)nc2ccc(Br)cc2c1C(=O)Nc1ccc(C(=O)O)cc1F.O=C(O)c1ccc(NC(=O)c2c(F)c(-c3ccccc3)nc3ccc(Br)cc23)c(F)c1. The van der Waals surface area contributed by atoms with E-state index in [1.165, 1.54) is 38.5 Å². The number of carbonyl (C=O) groups is 6. The number of hydrogen-bond donors (Lipinski definition) is 5. The highest BCUT2D eigenvalue weighted by Gasteiger charge is 2.28. The Labute approximate surface area is 560 Å². The second-order valence-electron chi connectivity index (χ2n) is 20.3. The first-order chi connectivity index (χ1) is 45.6. The molecule has 12 aromatic rings. The summed E-state index contributed by atoms with van der Waals surface area (Å²) in [7, 11) is 2.61. The van der Waals surface area contributed by atoms with Crippen LogP contribution in [0.5, 0.6) is 5.75 Å². The highest BCUT2D eigenvalue weighted by molar-refractivity contribution is 9.11. The van der Waals surface area contributed by atoms with Gasteiger partial charge < -0.3 is 35.6 Å². The van der Waals surface area contributed by atoms with Crippen LogP contribution in [0.3, 0.4) is 0 Å². The van der Waals surface area contributed by atoms with Gasteiger partial charge in [0, 0.05) is 46.3 Å². The van der Waals surface area contributed by atoms with Crippen molar-refractivity contribution < 1.29 is 70.4 Å². The number of methoxy groups -OCH3 is 2. The van der Waals surface area contributed by atoms with E-state index < -0.39 is 64.7 Å². The largest absolute Gasteiger partial charge is 0.494 e. The van der Waals surface area contributed by atoms with Crippen LogP contribution < -0.4 is 20.7 Å². The van der Waals surface area contributed by atoms with Gasteiger partial charge in [-0.25, -0.2) is 51.3 Å². The molecule has 12 rings (SSSR count). The van der Waals surface area contributed by atoms with Gasteiger partial charge in [0.15, 0.2) is 17.4 Å². The van der Waals surface area contributed by atoms with E-state index in [1.54, 1.807) is 109 Å². The van der Waals surface area contributed by atoms with Crippen LogP contribution >= 0.6 is 47.8 Å². The quantitative estimate of drug-likeness (QED) is 0.0534. The normalized spacial score (nSPS) is 10.8. The maximum absolute atomic E-state index is 15.6. The summed E-state index contributed by atoms with van der Waals surface area (Å²) in [4.78, 5) is 86.6. The maximum atomic E-state index is 15.6. The highest BCUT2D eigenvalue weighted by Crippen LogP contribution is 2.39. The number of pyridine rings is 3. The molecule has 0 saturated heterocycles. The van der Waals surface area contributed by atoms with E-state index in [2.05, 4.69) is 78.4 Å². The number of amides is 3. The summed E-state index contributed by atoms with van der Waals surface area (Å²) < 4.78 is 86.6. The summed E-state index contributed by atoms with van der Waals surface area (Å²) in [6.07, 6.45) is 0. The molecule has 0 atom stereocenters. The van der Waals surface area contributed by atoms with E-state index in [1.807, 2.05) is 36.4 Å². The number of esters is 1. The molecule has 24 heteroatoms. The second-order valence-corrected chi connectivity index (χ2v) is 23.0. The van der Waals surface area contributed by atoms with E-state index in [0.29, 0.717) is 47.7 Å². The van der Waals surface area contributed by atoms with Crippen LogP contribution in [0.1, 0.15) is 62.1 Å². The lowest BCUT2D eigenvalue weighted by Crippen LogP contribution is -2.17. The smallest absolute Gasteiger partial charge is 0.337 e. The molecule has 0 radical (unpaired) electrons. The van der Waals surface area contributed by atoms with Gasteiger partial charge in [-0.2, -0.15) is 0 Å². The molecule has 95 heavy (non-hydrogen) atoms. The molecular weight excluding hydrogens is 1430 g/mol. The first-order valence-electron chi connectivity index (χ1n) is 27.9. The zero-order valence-electron chi connectivity index (χ0n) is 49.1. The summed E-state index contributed by atoms with van der Waals surface area (Å²) in [5.74, 6) is -9.75. The Morgan fingerprint density at radius 1 is 0.389 bits per heavy atom. The summed E-state index contributed by atoms with van der Waals surface area (Å²) in [5.41, 5.74) is 2.01. The number of carboxylic acids is 2. The fraction of sp³-hybridized carbons (Fsp3) is 0.0282. The van der Waals surface area contributed by atoms with Crippen LogP contribution in [0.25, 0.3) is 66.5 Å². The Bertz CT molecular complexity index is 5060. The first-order valence-corrected chi connectivity index (χ1v) is 30.3. The van der Waals surface area contributed by atoms with E-state index in [0.717, 1.165) is 40.4 Å². The number of aromatic nitrogens is 3. The Kier molecular flexibility index (Phi) is 20.6. The average molecular weight is 1480 g/mol. The van der Waals surface area contributed by atoms with Gasteiger partial charge in [0.05, 0.1) is 81.2 Å². The summed E-state index contributed by atoms with van der Waals surface area (Å²) in [6, 6.07) is 51.4. The molecule has 474 valence electrons. The van der Waals surface area contributed by atoms with Gasteiger partial charge in [-0.15, -0.1) is 0 Å². The van der Waals surface area contributed by atoms with Crippen molar-refractivity contribution in [1.82, 2.24) is 15.0 Å². The Hall–Kier alpha value is -11.1. The molecule has 0 aliphatic carbocycles. The van der Waals surface area contributed by atoms with Crippen molar-refractivity contribution in [2.45, 2.75) is 0 Å². The predicted octanol–water partition coefficient (Wildman–Crippen LogP) is 17.6. The third-order valence-electron chi connectivity index (χ3n) is 14.3. The number of carbonyl (C=O) groups excluding carboxylic acids is 4. The number of benzene rings is 9. The molecule has 0 aliphatic rings. The number of nitrogens with one attached hydrogen (secondary N) is 3. The van der Waals surface area contributed by atoms with Crippen molar-refractivity contribution in [3.8, 4) is 39.5 Å². The minimum absolute atomic E-state index is 0.00656. The maximum Gasteiger partial charge on any atom is 0.337 e. The average Bonchev–Trinajstić information content (AvgIpc) is 0.781. The molecule has 3 amide bonds. The zero-order valence-corrected chi connectivity index (χ0v) is 53.8. The standard InChI is InChI=1S/C24H15BrF2N2O3.C24H16BrFN2O4.C23H13BrF2N2O3/c1-32-24(31)14-7-9-19(17(26)11-14)29-23(30)20-16-12-15(25)8-10-18(16)28-22(21(20)27)13-5-3-2-4-6-13;1-32-22-20(23(29)28-19-9-7-14(24(30)31)11-17(19)26)16-12-15(25)8-10-18(16)27-21(22)13-5-3-2-4-6-13;24-14-7-9-17-15(11-14)19(20(26)21(27-17)12-4-2-1-3-5-12)22(29)28-18-8-6-13(23(30)31)10-16(18)25/h2-12H,1H3,(H,29,30);2-12H,1H3,(H,28,29)(H,30,31);1-11H,(H,28,29)(H,30,31). The van der Waals surface area contributed by atoms with Crippen LogP contribution in [-0.2, 0) is 4.74 Å². The second kappa shape index (κ2) is 29.3. The molecule has 0 fully saturated rings. The number of hydrogen-bond acceptors (Lipinski definition) is 11.